The summed E-state index contributed by atoms with van der Waals surface area (Å²) >= 11 is 17.2. The number of carboxylic acid groups (broad SMARTS) is 1. The summed E-state index contributed by atoms with van der Waals surface area (Å²) in [6.07, 6.45) is 1.23. The van der Waals surface area contributed by atoms with Gasteiger partial charge in [0.05, 0.1) is 21.7 Å². The predicted molar refractivity (Wildman–Crippen MR) is 110 cm³/mol. The molecule has 30 heavy (non-hydrogen) atoms. The molecule has 1 saturated heterocycles. The monoisotopic (exact) mass is 467 g/mol. The minimum Gasteiger partial charge on any atom is -0.546 e. The fourth-order valence-electron chi connectivity index (χ4n) is 2.58. The average Bonchev–Trinajstić information content (AvgIpc) is 2.65. The Labute approximate surface area is 184 Å². The zero-order valence-corrected chi connectivity index (χ0v) is 17.1. The molecule has 0 atom stereocenters. The summed E-state index contributed by atoms with van der Waals surface area (Å²) in [6.45, 7) is -0.759. The molecule has 1 fully saturated rings. The number of halogens is 3. The molecule has 7 nitrogen and oxygen atoms in total. The molecule has 2 aromatic rings. The number of ether oxygens (including phenoxy) is 1. The Balaban J connectivity index is 1.96. The van der Waals surface area contributed by atoms with Crippen LogP contribution in [0.15, 0.2) is 42.0 Å². The van der Waals surface area contributed by atoms with E-state index in [0.717, 1.165) is 17.0 Å². The van der Waals surface area contributed by atoms with Gasteiger partial charge in [-0.1, -0.05) is 23.2 Å². The van der Waals surface area contributed by atoms with Gasteiger partial charge in [-0.05, 0) is 60.3 Å². The van der Waals surface area contributed by atoms with Crippen LogP contribution in [0.25, 0.3) is 6.08 Å². The predicted octanol–water partition coefficient (Wildman–Crippen LogP) is 2.09. The molecule has 0 aromatic heterocycles. The Hall–Kier alpha value is -3.01. The zero-order valence-electron chi connectivity index (χ0n) is 14.8. The fraction of sp³-hybridized carbons (Fsp3) is 0.0526. The number of amides is 2. The first kappa shape index (κ1) is 21.7. The number of hydrogen-bond donors (Lipinski definition) is 1. The molecule has 154 valence electrons. The van der Waals surface area contributed by atoms with Crippen molar-refractivity contribution in [2.75, 3.05) is 11.5 Å². The molecule has 1 aliphatic rings. The molecule has 3 rings (SSSR count). The number of carbonyl (C=O) groups excluding carboxylic acids is 3. The van der Waals surface area contributed by atoms with Crippen LogP contribution in [0.5, 0.6) is 5.75 Å². The average molecular weight is 468 g/mol. The Morgan fingerprint density at radius 1 is 1.20 bits per heavy atom. The number of carbonyl (C=O) groups is 3. The van der Waals surface area contributed by atoms with E-state index < -0.39 is 30.2 Å². The van der Waals surface area contributed by atoms with Crippen molar-refractivity contribution < 1.29 is 28.6 Å². The number of carboxylic acids is 1. The first-order chi connectivity index (χ1) is 14.2. The molecule has 0 bridgehead atoms. The number of hydrogen-bond acceptors (Lipinski definition) is 6. The van der Waals surface area contributed by atoms with Gasteiger partial charge in [-0.3, -0.25) is 19.8 Å². The maximum Gasteiger partial charge on any atom is 0.270 e. The van der Waals surface area contributed by atoms with Crippen LogP contribution in [0.3, 0.4) is 0 Å². The van der Waals surface area contributed by atoms with Gasteiger partial charge in [0.15, 0.2) is 10.9 Å². The summed E-state index contributed by atoms with van der Waals surface area (Å²) in [7, 11) is 0. The molecule has 0 radical (unpaired) electrons. The van der Waals surface area contributed by atoms with E-state index in [-0.39, 0.29) is 37.7 Å². The minimum absolute atomic E-state index is 0.0369. The summed E-state index contributed by atoms with van der Waals surface area (Å²) in [6, 6.07) is 7.64. The topological polar surface area (TPSA) is 98.8 Å². The highest BCUT2D eigenvalue weighted by molar-refractivity contribution is 7.80. The van der Waals surface area contributed by atoms with E-state index in [1.54, 1.807) is 0 Å². The lowest BCUT2D eigenvalue weighted by Gasteiger charge is -2.28. The largest absolute Gasteiger partial charge is 0.546 e. The van der Waals surface area contributed by atoms with Crippen LogP contribution in [0.4, 0.5) is 10.1 Å². The lowest BCUT2D eigenvalue weighted by molar-refractivity contribution is -0.307. The smallest absolute Gasteiger partial charge is 0.270 e. The van der Waals surface area contributed by atoms with Crippen molar-refractivity contribution in [3.05, 3.63) is 63.4 Å². The van der Waals surface area contributed by atoms with Crippen LogP contribution in [-0.4, -0.2) is 29.5 Å². The molecule has 0 spiro atoms. The summed E-state index contributed by atoms with van der Waals surface area (Å²) in [4.78, 5) is 36.8. The third-order valence-corrected chi connectivity index (χ3v) is 4.70. The number of rotatable bonds is 5. The zero-order chi connectivity index (χ0) is 22.0. The molecule has 0 aliphatic carbocycles. The Morgan fingerprint density at radius 3 is 2.37 bits per heavy atom. The quantitative estimate of drug-likeness (QED) is 0.410. The molecular formula is C19H10Cl2FN2O5S-. The van der Waals surface area contributed by atoms with Gasteiger partial charge in [-0.2, -0.15) is 0 Å². The Morgan fingerprint density at radius 2 is 1.80 bits per heavy atom. The van der Waals surface area contributed by atoms with Gasteiger partial charge in [-0.25, -0.2) is 4.39 Å². The van der Waals surface area contributed by atoms with Crippen molar-refractivity contribution in [2.45, 2.75) is 0 Å². The van der Waals surface area contributed by atoms with Gasteiger partial charge in [0.25, 0.3) is 11.8 Å². The van der Waals surface area contributed by atoms with Crippen molar-refractivity contribution in [3.8, 4) is 5.75 Å². The number of aliphatic carboxylic acids is 1. The van der Waals surface area contributed by atoms with Gasteiger partial charge in [0, 0.05) is 0 Å². The molecule has 1 N–H and O–H groups in total. The van der Waals surface area contributed by atoms with Crippen molar-refractivity contribution in [1.82, 2.24) is 5.32 Å². The normalized spacial score (nSPS) is 15.4. The van der Waals surface area contributed by atoms with Crippen molar-refractivity contribution in [1.29, 1.82) is 0 Å². The van der Waals surface area contributed by atoms with E-state index in [9.17, 15) is 23.9 Å². The van der Waals surface area contributed by atoms with Gasteiger partial charge in [-0.15, -0.1) is 0 Å². The van der Waals surface area contributed by atoms with Crippen LogP contribution in [0.1, 0.15) is 5.56 Å². The van der Waals surface area contributed by atoms with E-state index in [0.29, 0.717) is 0 Å². The minimum atomic E-state index is -1.46. The van der Waals surface area contributed by atoms with Crippen LogP contribution >= 0.6 is 35.4 Å². The van der Waals surface area contributed by atoms with E-state index in [4.69, 9.17) is 40.2 Å². The third-order valence-electron chi connectivity index (χ3n) is 3.85. The number of thiocarbonyl (C=S) groups is 1. The molecule has 0 saturated carbocycles. The number of nitrogens with one attached hydrogen (secondary N) is 1. The second kappa shape index (κ2) is 8.78. The van der Waals surface area contributed by atoms with Crippen LogP contribution < -0.4 is 20.1 Å². The van der Waals surface area contributed by atoms with Gasteiger partial charge in [0.2, 0.25) is 0 Å². The van der Waals surface area contributed by atoms with Crippen molar-refractivity contribution in [3.63, 3.8) is 0 Å². The molecule has 11 heteroatoms. The maximum atomic E-state index is 13.2. The molecule has 2 amide bonds. The number of anilines is 1. The molecule has 0 unspecified atom stereocenters. The lowest BCUT2D eigenvalue weighted by Crippen LogP contribution is -2.54. The number of benzene rings is 2. The van der Waals surface area contributed by atoms with Gasteiger partial charge in [0.1, 0.15) is 18.0 Å². The summed E-state index contributed by atoms with van der Waals surface area (Å²) in [5.74, 6) is -3.53. The molecule has 1 aliphatic heterocycles. The highest BCUT2D eigenvalue weighted by Crippen LogP contribution is 2.35. The molecular weight excluding hydrogens is 458 g/mol. The third kappa shape index (κ3) is 4.59. The van der Waals surface area contributed by atoms with Crippen molar-refractivity contribution >= 4 is 70.1 Å². The fourth-order valence-corrected chi connectivity index (χ4v) is 3.47. The summed E-state index contributed by atoms with van der Waals surface area (Å²) in [5, 5.41) is 12.7. The van der Waals surface area contributed by atoms with Crippen LogP contribution in [0.2, 0.25) is 10.0 Å². The SMILES string of the molecule is O=C([O-])COc1c(Cl)cc(/C=C2\C(=O)NC(=S)N(c3ccc(F)cc3)C2=O)cc1Cl. The summed E-state index contributed by atoms with van der Waals surface area (Å²) in [5.41, 5.74) is 0.263. The maximum absolute atomic E-state index is 13.2. The summed E-state index contributed by atoms with van der Waals surface area (Å²) < 4.78 is 18.2. The first-order valence-electron chi connectivity index (χ1n) is 8.16. The van der Waals surface area contributed by atoms with Crippen molar-refractivity contribution in [2.24, 2.45) is 0 Å². The molecule has 2 aromatic carbocycles. The number of nitrogens with zero attached hydrogens (tertiary/aromatic N) is 1. The Bertz CT molecular complexity index is 1080. The Kier molecular flexibility index (Phi) is 6.35. The van der Waals surface area contributed by atoms with E-state index in [1.807, 2.05) is 0 Å². The van der Waals surface area contributed by atoms with Gasteiger partial charge >= 0.3 is 0 Å². The van der Waals surface area contributed by atoms with Crippen LogP contribution in [0, 0.1) is 5.82 Å². The van der Waals surface area contributed by atoms with Gasteiger partial charge < -0.3 is 14.6 Å². The highest BCUT2D eigenvalue weighted by Gasteiger charge is 2.34. The molecule has 1 heterocycles. The second-order valence-electron chi connectivity index (χ2n) is 5.91. The van der Waals surface area contributed by atoms with E-state index in [2.05, 4.69) is 5.32 Å². The first-order valence-corrected chi connectivity index (χ1v) is 9.32. The van der Waals surface area contributed by atoms with E-state index >= 15 is 0 Å². The lowest BCUT2D eigenvalue weighted by atomic mass is 10.1. The standard InChI is InChI=1S/C19H11Cl2FN2O5S/c20-13-6-9(7-14(21)16(13)29-8-15(25)26)5-12-17(27)23-19(30)24(18(12)28)11-3-1-10(22)2-4-11/h1-7H,8H2,(H,25,26)(H,23,27,30)/p-1/b12-5+. The van der Waals surface area contributed by atoms with E-state index in [1.165, 1.54) is 30.3 Å². The van der Waals surface area contributed by atoms with Crippen LogP contribution in [-0.2, 0) is 14.4 Å². The highest BCUT2D eigenvalue weighted by atomic mass is 35.5. The second-order valence-corrected chi connectivity index (χ2v) is 7.11.